The second-order valence-corrected chi connectivity index (χ2v) is 4.35. The molecule has 1 N–H and O–H groups in total. The van der Waals surface area contributed by atoms with Gasteiger partial charge in [-0.25, -0.2) is 0 Å². The molecule has 0 aliphatic rings. The summed E-state index contributed by atoms with van der Waals surface area (Å²) in [4.78, 5) is 11.2. The molecule has 0 saturated carbocycles. The number of esters is 1. The molecule has 4 heteroatoms. The Morgan fingerprint density at radius 3 is 2.50 bits per heavy atom. The van der Waals surface area contributed by atoms with E-state index in [2.05, 4.69) is 5.32 Å². The van der Waals surface area contributed by atoms with Crippen molar-refractivity contribution in [2.75, 3.05) is 20.3 Å². The third-order valence-electron chi connectivity index (χ3n) is 2.48. The van der Waals surface area contributed by atoms with Crippen molar-refractivity contribution in [3.05, 3.63) is 29.8 Å². The minimum absolute atomic E-state index is 0.0633. The molecule has 0 fully saturated rings. The van der Waals surface area contributed by atoms with E-state index in [9.17, 15) is 4.79 Å². The molecule has 0 aromatic heterocycles. The molecule has 0 spiro atoms. The van der Waals surface area contributed by atoms with Gasteiger partial charge in [-0.05, 0) is 17.7 Å². The lowest BCUT2D eigenvalue weighted by molar-refractivity contribution is -0.147. The van der Waals surface area contributed by atoms with Crippen LogP contribution in [0, 0.1) is 5.92 Å². The van der Waals surface area contributed by atoms with E-state index in [1.807, 2.05) is 38.1 Å². The molecule has 18 heavy (non-hydrogen) atoms. The third-order valence-corrected chi connectivity index (χ3v) is 2.48. The molecule has 1 aromatic rings. The fourth-order valence-electron chi connectivity index (χ4n) is 1.37. The standard InChI is InChI=1S/C14H21NO3/c1-11(2)14(16)18-9-8-15-10-12-4-6-13(17-3)7-5-12/h4-7,11,15H,8-10H2,1-3H3. The molecule has 0 atom stereocenters. The first-order chi connectivity index (χ1) is 8.63. The Labute approximate surface area is 108 Å². The fraction of sp³-hybridized carbons (Fsp3) is 0.500. The van der Waals surface area contributed by atoms with Crippen LogP contribution in [0.4, 0.5) is 0 Å². The largest absolute Gasteiger partial charge is 0.497 e. The molecule has 0 unspecified atom stereocenters. The predicted molar refractivity (Wildman–Crippen MR) is 70.5 cm³/mol. The highest BCUT2D eigenvalue weighted by molar-refractivity contribution is 5.71. The van der Waals surface area contributed by atoms with Crippen molar-refractivity contribution in [1.29, 1.82) is 0 Å². The molecular formula is C14H21NO3. The van der Waals surface area contributed by atoms with E-state index in [4.69, 9.17) is 9.47 Å². The number of ether oxygens (including phenoxy) is 2. The zero-order valence-corrected chi connectivity index (χ0v) is 11.2. The van der Waals surface area contributed by atoms with Crippen molar-refractivity contribution in [1.82, 2.24) is 5.32 Å². The number of hydrogen-bond acceptors (Lipinski definition) is 4. The van der Waals surface area contributed by atoms with Crippen molar-refractivity contribution in [2.45, 2.75) is 20.4 Å². The summed E-state index contributed by atoms with van der Waals surface area (Å²) in [5, 5.41) is 3.22. The van der Waals surface area contributed by atoms with Crippen LogP contribution in [0.5, 0.6) is 5.75 Å². The lowest BCUT2D eigenvalue weighted by Crippen LogP contribution is -2.22. The molecule has 0 bridgehead atoms. The Hall–Kier alpha value is -1.55. The van der Waals surface area contributed by atoms with Gasteiger partial charge < -0.3 is 14.8 Å². The van der Waals surface area contributed by atoms with Crippen LogP contribution in [-0.4, -0.2) is 26.2 Å². The van der Waals surface area contributed by atoms with Gasteiger partial charge in [-0.2, -0.15) is 0 Å². The molecular weight excluding hydrogens is 230 g/mol. The number of benzene rings is 1. The molecule has 0 aliphatic heterocycles. The lowest BCUT2D eigenvalue weighted by Gasteiger charge is -2.08. The van der Waals surface area contributed by atoms with Crippen molar-refractivity contribution in [3.8, 4) is 5.75 Å². The summed E-state index contributed by atoms with van der Waals surface area (Å²) >= 11 is 0. The number of nitrogens with one attached hydrogen (secondary N) is 1. The Bertz CT molecular complexity index is 360. The number of rotatable bonds is 7. The van der Waals surface area contributed by atoms with Gasteiger partial charge in [0, 0.05) is 13.1 Å². The second-order valence-electron chi connectivity index (χ2n) is 4.35. The van der Waals surface area contributed by atoms with Crippen molar-refractivity contribution < 1.29 is 14.3 Å². The number of carbonyl (C=O) groups excluding carboxylic acids is 1. The second kappa shape index (κ2) is 7.71. The highest BCUT2D eigenvalue weighted by Crippen LogP contribution is 2.10. The maximum atomic E-state index is 11.2. The molecule has 4 nitrogen and oxygen atoms in total. The van der Waals surface area contributed by atoms with Crippen LogP contribution < -0.4 is 10.1 Å². The molecule has 0 heterocycles. The Balaban J connectivity index is 2.15. The Morgan fingerprint density at radius 2 is 1.94 bits per heavy atom. The summed E-state index contributed by atoms with van der Waals surface area (Å²) in [5.74, 6) is 0.637. The van der Waals surface area contributed by atoms with E-state index in [0.717, 1.165) is 12.3 Å². The van der Waals surface area contributed by atoms with Gasteiger partial charge in [0.2, 0.25) is 0 Å². The Kier molecular flexibility index (Phi) is 6.22. The zero-order chi connectivity index (χ0) is 13.4. The molecule has 0 amide bonds. The summed E-state index contributed by atoms with van der Waals surface area (Å²) in [6.07, 6.45) is 0. The van der Waals surface area contributed by atoms with E-state index in [0.29, 0.717) is 13.2 Å². The first-order valence-corrected chi connectivity index (χ1v) is 6.13. The average Bonchev–Trinajstić information content (AvgIpc) is 2.38. The SMILES string of the molecule is COc1ccc(CNCCOC(=O)C(C)C)cc1. The molecule has 1 rings (SSSR count). The number of hydrogen-bond donors (Lipinski definition) is 1. The molecule has 0 radical (unpaired) electrons. The van der Waals surface area contributed by atoms with Crippen molar-refractivity contribution in [3.63, 3.8) is 0 Å². The monoisotopic (exact) mass is 251 g/mol. The smallest absolute Gasteiger partial charge is 0.308 e. The van der Waals surface area contributed by atoms with E-state index in [1.54, 1.807) is 7.11 Å². The van der Waals surface area contributed by atoms with E-state index in [1.165, 1.54) is 5.56 Å². The molecule has 0 saturated heterocycles. The van der Waals surface area contributed by atoms with Crippen LogP contribution >= 0.6 is 0 Å². The van der Waals surface area contributed by atoms with Crippen LogP contribution in [-0.2, 0) is 16.1 Å². The summed E-state index contributed by atoms with van der Waals surface area (Å²) < 4.78 is 10.1. The van der Waals surface area contributed by atoms with Crippen LogP contribution in [0.25, 0.3) is 0 Å². The Morgan fingerprint density at radius 1 is 1.28 bits per heavy atom. The first kappa shape index (κ1) is 14.5. The van der Waals surface area contributed by atoms with Gasteiger partial charge in [0.25, 0.3) is 0 Å². The number of methoxy groups -OCH3 is 1. The maximum Gasteiger partial charge on any atom is 0.308 e. The minimum atomic E-state index is -0.152. The lowest BCUT2D eigenvalue weighted by atomic mass is 10.2. The number of carbonyl (C=O) groups is 1. The summed E-state index contributed by atoms with van der Waals surface area (Å²) in [6, 6.07) is 7.86. The van der Waals surface area contributed by atoms with E-state index in [-0.39, 0.29) is 11.9 Å². The third kappa shape index (κ3) is 5.19. The van der Waals surface area contributed by atoms with Gasteiger partial charge >= 0.3 is 5.97 Å². The normalized spacial score (nSPS) is 10.4. The van der Waals surface area contributed by atoms with Crippen LogP contribution in [0.15, 0.2) is 24.3 Å². The summed E-state index contributed by atoms with van der Waals surface area (Å²) in [5.41, 5.74) is 1.17. The van der Waals surface area contributed by atoms with Crippen LogP contribution in [0.1, 0.15) is 19.4 Å². The minimum Gasteiger partial charge on any atom is -0.497 e. The fourth-order valence-corrected chi connectivity index (χ4v) is 1.37. The predicted octanol–water partition coefficient (Wildman–Crippen LogP) is 1.98. The van der Waals surface area contributed by atoms with E-state index >= 15 is 0 Å². The molecule has 100 valence electrons. The topological polar surface area (TPSA) is 47.6 Å². The first-order valence-electron chi connectivity index (χ1n) is 6.13. The van der Waals surface area contributed by atoms with Crippen molar-refractivity contribution >= 4 is 5.97 Å². The molecule has 1 aromatic carbocycles. The highest BCUT2D eigenvalue weighted by atomic mass is 16.5. The van der Waals surface area contributed by atoms with Crippen molar-refractivity contribution in [2.24, 2.45) is 5.92 Å². The maximum absolute atomic E-state index is 11.2. The van der Waals surface area contributed by atoms with Gasteiger partial charge in [-0.15, -0.1) is 0 Å². The van der Waals surface area contributed by atoms with Crippen LogP contribution in [0.3, 0.4) is 0 Å². The molecule has 0 aliphatic carbocycles. The quantitative estimate of drug-likeness (QED) is 0.594. The highest BCUT2D eigenvalue weighted by Gasteiger charge is 2.06. The van der Waals surface area contributed by atoms with Gasteiger partial charge in [-0.3, -0.25) is 4.79 Å². The van der Waals surface area contributed by atoms with Gasteiger partial charge in [0.15, 0.2) is 0 Å². The van der Waals surface area contributed by atoms with Gasteiger partial charge in [-0.1, -0.05) is 26.0 Å². The van der Waals surface area contributed by atoms with E-state index < -0.39 is 0 Å². The summed E-state index contributed by atoms with van der Waals surface area (Å²) in [7, 11) is 1.65. The van der Waals surface area contributed by atoms with Crippen LogP contribution in [0.2, 0.25) is 0 Å². The zero-order valence-electron chi connectivity index (χ0n) is 11.2. The van der Waals surface area contributed by atoms with Gasteiger partial charge in [0.1, 0.15) is 12.4 Å². The average molecular weight is 251 g/mol. The summed E-state index contributed by atoms with van der Waals surface area (Å²) in [6.45, 7) is 5.47. The van der Waals surface area contributed by atoms with Gasteiger partial charge in [0.05, 0.1) is 13.0 Å².